The van der Waals surface area contributed by atoms with Crippen LogP contribution in [0.1, 0.15) is 46.6 Å². The zero-order valence-electron chi connectivity index (χ0n) is 19.1. The van der Waals surface area contributed by atoms with E-state index >= 15 is 0 Å². The Kier molecular flexibility index (Phi) is 11.0. The van der Waals surface area contributed by atoms with Gasteiger partial charge < -0.3 is 4.43 Å². The van der Waals surface area contributed by atoms with Crippen LogP contribution in [0.5, 0.6) is 0 Å². The molecule has 1 rings (SSSR count). The van der Waals surface area contributed by atoms with Crippen molar-refractivity contribution in [1.29, 1.82) is 0 Å². The van der Waals surface area contributed by atoms with Crippen molar-refractivity contribution in [1.82, 2.24) is 0 Å². The number of phosphoric acid groups is 1. The number of aryl methyl sites for hydroxylation is 1. The highest BCUT2D eigenvalue weighted by molar-refractivity contribution is 7.48. The summed E-state index contributed by atoms with van der Waals surface area (Å²) in [5, 5.41) is 0.156. The van der Waals surface area contributed by atoms with Gasteiger partial charge in [-0.1, -0.05) is 63.3 Å². The van der Waals surface area contributed by atoms with E-state index in [1.54, 1.807) is 13.8 Å². The highest BCUT2D eigenvalue weighted by Gasteiger charge is 2.36. The Hall–Kier alpha value is -0.753. The van der Waals surface area contributed by atoms with Gasteiger partial charge in [0, 0.05) is 0 Å². The molecule has 0 N–H and O–H groups in total. The fraction of sp³-hybridized carbons (Fsp3) is 0.636. The summed E-state index contributed by atoms with van der Waals surface area (Å²) < 4.78 is 35.5. The molecule has 0 amide bonds. The summed E-state index contributed by atoms with van der Waals surface area (Å²) in [4.78, 5) is 0. The molecule has 0 saturated heterocycles. The van der Waals surface area contributed by atoms with Crippen LogP contribution in [-0.4, -0.2) is 34.2 Å². The first-order valence-corrected chi connectivity index (χ1v) is 14.8. The zero-order valence-corrected chi connectivity index (χ0v) is 21.0. The molecule has 0 saturated carbocycles. The standard InChI is InChI=1S/C22H39O5PSi/c1-8-24-28(23,25-9-2)27-21(18-17-20-14-11-10-12-15-20)16-13-19-26-29(6,7)22(3,4)5/h10-16,21H,8-9,17-19H2,1-7H3/b16-13-/t21-/m1/s1. The molecule has 1 aromatic carbocycles. The highest BCUT2D eigenvalue weighted by atomic mass is 31.2. The van der Waals surface area contributed by atoms with E-state index < -0.39 is 16.1 Å². The third kappa shape index (κ3) is 9.73. The van der Waals surface area contributed by atoms with Crippen LogP contribution in [0.2, 0.25) is 18.1 Å². The fourth-order valence-corrected chi connectivity index (χ4v) is 4.68. The number of phosphoric ester groups is 1. The van der Waals surface area contributed by atoms with Crippen molar-refractivity contribution in [3.63, 3.8) is 0 Å². The molecule has 0 aliphatic heterocycles. The minimum Gasteiger partial charge on any atom is -0.413 e. The maximum absolute atomic E-state index is 12.8. The van der Waals surface area contributed by atoms with Gasteiger partial charge in [0.05, 0.1) is 25.9 Å². The lowest BCUT2D eigenvalue weighted by Crippen LogP contribution is -2.40. The Bertz CT molecular complexity index is 645. The molecule has 0 fully saturated rings. The Morgan fingerprint density at radius 1 is 1.07 bits per heavy atom. The van der Waals surface area contributed by atoms with Gasteiger partial charge in [0.15, 0.2) is 8.32 Å². The molecular formula is C22H39O5PSi. The average molecular weight is 443 g/mol. The summed E-state index contributed by atoms with van der Waals surface area (Å²) in [6.45, 7) is 15.7. The quantitative estimate of drug-likeness (QED) is 0.192. The molecule has 0 unspecified atom stereocenters. The van der Waals surface area contributed by atoms with Crippen LogP contribution in [0.4, 0.5) is 0 Å². The monoisotopic (exact) mass is 442 g/mol. The van der Waals surface area contributed by atoms with Gasteiger partial charge in [0.1, 0.15) is 0 Å². The highest BCUT2D eigenvalue weighted by Crippen LogP contribution is 2.51. The Morgan fingerprint density at radius 2 is 1.66 bits per heavy atom. The normalized spacial score (nSPS) is 14.4. The van der Waals surface area contributed by atoms with E-state index in [2.05, 4.69) is 46.0 Å². The summed E-state index contributed by atoms with van der Waals surface area (Å²) in [7, 11) is -5.40. The van der Waals surface area contributed by atoms with E-state index in [4.69, 9.17) is 18.0 Å². The smallest absolute Gasteiger partial charge is 0.413 e. The zero-order chi connectivity index (χ0) is 22.0. The van der Waals surface area contributed by atoms with Gasteiger partial charge in [-0.25, -0.2) is 4.57 Å². The summed E-state index contributed by atoms with van der Waals surface area (Å²) in [5.74, 6) is 0. The molecule has 7 heteroatoms. The van der Waals surface area contributed by atoms with Gasteiger partial charge >= 0.3 is 7.82 Å². The number of hydrogen-bond acceptors (Lipinski definition) is 5. The van der Waals surface area contributed by atoms with E-state index in [9.17, 15) is 4.57 Å². The van der Waals surface area contributed by atoms with E-state index in [-0.39, 0.29) is 24.4 Å². The fourth-order valence-electron chi connectivity index (χ4n) is 2.40. The molecule has 0 radical (unpaired) electrons. The second kappa shape index (κ2) is 12.2. The minimum atomic E-state index is -3.59. The average Bonchev–Trinajstić information content (AvgIpc) is 2.63. The van der Waals surface area contributed by atoms with Crippen LogP contribution in [0.3, 0.4) is 0 Å². The predicted molar refractivity (Wildman–Crippen MR) is 123 cm³/mol. The molecule has 0 aliphatic carbocycles. The van der Waals surface area contributed by atoms with Crippen LogP contribution in [-0.2, 0) is 29.0 Å². The molecule has 5 nitrogen and oxygen atoms in total. The van der Waals surface area contributed by atoms with Crippen molar-refractivity contribution < 1.29 is 22.6 Å². The molecule has 0 bridgehead atoms. The van der Waals surface area contributed by atoms with Gasteiger partial charge in [0.2, 0.25) is 0 Å². The molecule has 29 heavy (non-hydrogen) atoms. The van der Waals surface area contributed by atoms with Crippen LogP contribution in [0.15, 0.2) is 42.5 Å². The van der Waals surface area contributed by atoms with Crippen molar-refractivity contribution >= 4 is 16.1 Å². The molecule has 0 spiro atoms. The largest absolute Gasteiger partial charge is 0.475 e. The minimum absolute atomic E-state index is 0.156. The molecule has 1 aromatic rings. The second-order valence-corrected chi connectivity index (χ2v) is 14.9. The Morgan fingerprint density at radius 3 is 2.17 bits per heavy atom. The predicted octanol–water partition coefficient (Wildman–Crippen LogP) is 6.76. The lowest BCUT2D eigenvalue weighted by molar-refractivity contribution is 0.0975. The first-order chi connectivity index (χ1) is 13.5. The first-order valence-electron chi connectivity index (χ1n) is 10.4. The van der Waals surface area contributed by atoms with Crippen molar-refractivity contribution in [2.45, 2.75) is 71.7 Å². The van der Waals surface area contributed by atoms with E-state index in [0.29, 0.717) is 13.0 Å². The maximum Gasteiger partial charge on any atom is 0.475 e. The lowest BCUT2D eigenvalue weighted by atomic mass is 10.1. The summed E-state index contributed by atoms with van der Waals surface area (Å²) in [6.07, 6.45) is 4.96. The first kappa shape index (κ1) is 26.3. The lowest BCUT2D eigenvalue weighted by Gasteiger charge is -2.35. The van der Waals surface area contributed by atoms with Crippen molar-refractivity contribution in [2.75, 3.05) is 19.8 Å². The van der Waals surface area contributed by atoms with E-state index in [0.717, 1.165) is 6.42 Å². The third-order valence-corrected chi connectivity index (χ3v) is 11.3. The molecule has 0 aliphatic rings. The van der Waals surface area contributed by atoms with Crippen molar-refractivity contribution in [2.24, 2.45) is 0 Å². The van der Waals surface area contributed by atoms with Crippen molar-refractivity contribution in [3.8, 4) is 0 Å². The topological polar surface area (TPSA) is 54.0 Å². The molecule has 0 aromatic heterocycles. The molecule has 1 atom stereocenters. The van der Waals surface area contributed by atoms with E-state index in [1.807, 2.05) is 30.4 Å². The molecule has 166 valence electrons. The number of benzene rings is 1. The summed E-state index contributed by atoms with van der Waals surface area (Å²) in [5.41, 5.74) is 1.20. The van der Waals surface area contributed by atoms with Crippen LogP contribution >= 0.6 is 7.82 Å². The number of hydrogen-bond donors (Lipinski definition) is 0. The van der Waals surface area contributed by atoms with Gasteiger partial charge in [-0.15, -0.1) is 0 Å². The van der Waals surface area contributed by atoms with Gasteiger partial charge in [0.25, 0.3) is 0 Å². The van der Waals surface area contributed by atoms with Gasteiger partial charge in [-0.05, 0) is 50.4 Å². The van der Waals surface area contributed by atoms with Crippen LogP contribution < -0.4 is 0 Å². The Balaban J connectivity index is 2.81. The van der Waals surface area contributed by atoms with Gasteiger partial charge in [-0.3, -0.25) is 13.6 Å². The molecular weight excluding hydrogens is 403 g/mol. The third-order valence-electron chi connectivity index (χ3n) is 5.10. The number of rotatable bonds is 13. The molecule has 0 heterocycles. The van der Waals surface area contributed by atoms with E-state index in [1.165, 1.54) is 5.56 Å². The Labute approximate surface area is 178 Å². The summed E-state index contributed by atoms with van der Waals surface area (Å²) >= 11 is 0. The second-order valence-electron chi connectivity index (χ2n) is 8.45. The van der Waals surface area contributed by atoms with Crippen molar-refractivity contribution in [3.05, 3.63) is 48.0 Å². The van der Waals surface area contributed by atoms with Crippen LogP contribution in [0.25, 0.3) is 0 Å². The van der Waals surface area contributed by atoms with Gasteiger partial charge in [-0.2, -0.15) is 0 Å². The SMILES string of the molecule is CCOP(=O)(OCC)O[C@H](/C=C\CO[Si](C)(C)C(C)(C)C)CCc1ccccc1. The maximum atomic E-state index is 12.8. The summed E-state index contributed by atoms with van der Waals surface area (Å²) in [6, 6.07) is 10.2. The van der Waals surface area contributed by atoms with Crippen LogP contribution in [0, 0.1) is 0 Å².